The predicted molar refractivity (Wildman–Crippen MR) is 70.2 cm³/mol. The molecule has 102 valence electrons. The van der Waals surface area contributed by atoms with Crippen LogP contribution in [0, 0.1) is 11.6 Å². The molecule has 19 heavy (non-hydrogen) atoms. The zero-order valence-corrected chi connectivity index (χ0v) is 11.2. The van der Waals surface area contributed by atoms with Gasteiger partial charge in [-0.25, -0.2) is 8.78 Å². The van der Waals surface area contributed by atoms with Gasteiger partial charge in [0.25, 0.3) is 0 Å². The van der Waals surface area contributed by atoms with Gasteiger partial charge in [-0.05, 0) is 42.8 Å². The van der Waals surface area contributed by atoms with Gasteiger partial charge in [0.05, 0.1) is 6.26 Å². The van der Waals surface area contributed by atoms with Crippen molar-refractivity contribution in [1.82, 2.24) is 5.32 Å². The molecule has 2 nitrogen and oxygen atoms in total. The second kappa shape index (κ2) is 6.17. The number of halogens is 3. The van der Waals surface area contributed by atoms with Crippen LogP contribution < -0.4 is 5.32 Å². The van der Waals surface area contributed by atoms with Gasteiger partial charge in [-0.3, -0.25) is 0 Å². The topological polar surface area (TPSA) is 25.2 Å². The highest BCUT2D eigenvalue weighted by molar-refractivity contribution is 6.29. The molecule has 0 spiro atoms. The first-order valence-corrected chi connectivity index (χ1v) is 6.40. The molecule has 2 rings (SSSR count). The normalized spacial score (nSPS) is 12.6. The number of hydrogen-bond donors (Lipinski definition) is 1. The molecule has 0 bridgehead atoms. The fourth-order valence-electron chi connectivity index (χ4n) is 2.02. The molecular weight excluding hydrogens is 272 g/mol. The van der Waals surface area contributed by atoms with Gasteiger partial charge < -0.3 is 9.73 Å². The number of likely N-dealkylation sites (N-methyl/N-ethyl adjacent to an activating group) is 1. The van der Waals surface area contributed by atoms with Crippen molar-refractivity contribution in [2.45, 2.75) is 19.4 Å². The molecule has 0 aliphatic heterocycles. The lowest BCUT2D eigenvalue weighted by molar-refractivity contribution is 0.492. The van der Waals surface area contributed by atoms with E-state index in [1.807, 2.05) is 6.92 Å². The van der Waals surface area contributed by atoms with Gasteiger partial charge >= 0.3 is 0 Å². The molecule has 0 aliphatic rings. The van der Waals surface area contributed by atoms with E-state index in [-0.39, 0.29) is 23.2 Å². The molecule has 1 atom stereocenters. The molecule has 0 aliphatic carbocycles. The van der Waals surface area contributed by atoms with Crippen molar-refractivity contribution < 1.29 is 13.2 Å². The first-order chi connectivity index (χ1) is 9.13. The lowest BCUT2D eigenvalue weighted by atomic mass is 10.00. The molecule has 0 saturated carbocycles. The van der Waals surface area contributed by atoms with Gasteiger partial charge in [0.1, 0.15) is 11.6 Å². The van der Waals surface area contributed by atoms with E-state index in [4.69, 9.17) is 16.0 Å². The second-order valence-corrected chi connectivity index (χ2v) is 4.51. The van der Waals surface area contributed by atoms with Crippen molar-refractivity contribution in [3.8, 4) is 0 Å². The molecule has 1 N–H and O–H groups in total. The first-order valence-electron chi connectivity index (χ1n) is 6.02. The molecule has 1 unspecified atom stereocenters. The summed E-state index contributed by atoms with van der Waals surface area (Å²) in [6.45, 7) is 2.57. The summed E-state index contributed by atoms with van der Waals surface area (Å²) in [4.78, 5) is 0. The first kappa shape index (κ1) is 14.0. The zero-order chi connectivity index (χ0) is 13.8. The Labute approximate surface area is 115 Å². The Bertz CT molecular complexity index is 536. The summed E-state index contributed by atoms with van der Waals surface area (Å²) in [6.07, 6.45) is 1.63. The quantitative estimate of drug-likeness (QED) is 0.894. The number of nitrogens with one attached hydrogen (secondary N) is 1. The third-order valence-electron chi connectivity index (χ3n) is 2.94. The van der Waals surface area contributed by atoms with E-state index in [1.54, 1.807) is 6.07 Å². The van der Waals surface area contributed by atoms with Crippen LogP contribution in [0.3, 0.4) is 0 Å². The van der Waals surface area contributed by atoms with E-state index in [0.717, 1.165) is 0 Å². The van der Waals surface area contributed by atoms with Crippen LogP contribution in [0.2, 0.25) is 5.22 Å². The van der Waals surface area contributed by atoms with Crippen LogP contribution in [0.1, 0.15) is 24.1 Å². The predicted octanol–water partition coefficient (Wildman–Crippen LogP) is 4.10. The lowest BCUT2D eigenvalue weighted by Gasteiger charge is -2.17. The Morgan fingerprint density at radius 1 is 1.26 bits per heavy atom. The van der Waals surface area contributed by atoms with Crippen LogP contribution >= 0.6 is 11.6 Å². The highest BCUT2D eigenvalue weighted by atomic mass is 35.5. The average Bonchev–Trinajstić information content (AvgIpc) is 2.79. The zero-order valence-electron chi connectivity index (χ0n) is 10.4. The van der Waals surface area contributed by atoms with E-state index in [0.29, 0.717) is 12.1 Å². The molecule has 0 amide bonds. The Balaban J connectivity index is 2.29. The second-order valence-electron chi connectivity index (χ2n) is 4.16. The molecule has 2 aromatic rings. The summed E-state index contributed by atoms with van der Waals surface area (Å²) in [5, 5.41) is 3.39. The molecule has 0 radical (unpaired) electrons. The van der Waals surface area contributed by atoms with Crippen LogP contribution in [-0.2, 0) is 6.42 Å². The van der Waals surface area contributed by atoms with Crippen LogP contribution in [0.15, 0.2) is 34.9 Å². The maximum Gasteiger partial charge on any atom is 0.197 e. The van der Waals surface area contributed by atoms with Crippen LogP contribution in [0.5, 0.6) is 0 Å². The van der Waals surface area contributed by atoms with Crippen molar-refractivity contribution in [2.24, 2.45) is 0 Å². The number of furan rings is 1. The summed E-state index contributed by atoms with van der Waals surface area (Å²) in [6, 6.07) is 5.26. The smallest absolute Gasteiger partial charge is 0.197 e. The van der Waals surface area contributed by atoms with Gasteiger partial charge in [0, 0.05) is 17.2 Å². The summed E-state index contributed by atoms with van der Waals surface area (Å²) in [7, 11) is 0. The minimum atomic E-state index is -0.553. The monoisotopic (exact) mass is 285 g/mol. The number of hydrogen-bond acceptors (Lipinski definition) is 2. The Kier molecular flexibility index (Phi) is 4.56. The Morgan fingerprint density at radius 2 is 1.95 bits per heavy atom. The van der Waals surface area contributed by atoms with Crippen LogP contribution in [0.25, 0.3) is 0 Å². The fraction of sp³-hybridized carbons (Fsp3) is 0.286. The maximum absolute atomic E-state index is 13.7. The molecule has 0 fully saturated rings. The summed E-state index contributed by atoms with van der Waals surface area (Å²) < 4.78 is 32.4. The third-order valence-corrected chi connectivity index (χ3v) is 3.25. The number of benzene rings is 1. The van der Waals surface area contributed by atoms with Crippen molar-refractivity contribution >= 4 is 11.6 Å². The van der Waals surface area contributed by atoms with Crippen molar-refractivity contribution in [3.05, 3.63) is 58.5 Å². The van der Waals surface area contributed by atoms with E-state index in [9.17, 15) is 8.78 Å². The van der Waals surface area contributed by atoms with Gasteiger partial charge in [-0.1, -0.05) is 13.0 Å². The van der Waals surface area contributed by atoms with E-state index in [2.05, 4.69) is 5.32 Å². The van der Waals surface area contributed by atoms with Gasteiger partial charge in [0.15, 0.2) is 5.22 Å². The molecule has 1 aromatic carbocycles. The fourth-order valence-corrected chi connectivity index (χ4v) is 2.27. The summed E-state index contributed by atoms with van der Waals surface area (Å²) in [5.74, 6) is -1.11. The molecule has 1 heterocycles. The molecule has 1 aromatic heterocycles. The molecular formula is C14H14ClF2NO. The minimum Gasteiger partial charge on any atom is -0.453 e. The summed E-state index contributed by atoms with van der Waals surface area (Å²) >= 11 is 5.92. The molecule has 0 saturated heterocycles. The maximum atomic E-state index is 13.7. The highest BCUT2D eigenvalue weighted by Gasteiger charge is 2.20. The Morgan fingerprint density at radius 3 is 2.47 bits per heavy atom. The Hall–Kier alpha value is -1.39. The van der Waals surface area contributed by atoms with Gasteiger partial charge in [0.2, 0.25) is 0 Å². The SMILES string of the molecule is CCNC(Cc1c(F)cccc1F)c1ccoc1Cl. The highest BCUT2D eigenvalue weighted by Crippen LogP contribution is 2.28. The van der Waals surface area contributed by atoms with E-state index >= 15 is 0 Å². The van der Waals surface area contributed by atoms with Crippen molar-refractivity contribution in [3.63, 3.8) is 0 Å². The summed E-state index contributed by atoms with van der Waals surface area (Å²) in [5.41, 5.74) is 0.747. The standard InChI is InChI=1S/C14H14ClF2NO/c1-2-18-13(9-6-7-19-14(9)15)8-10-11(16)4-3-5-12(10)17/h3-7,13,18H,2,8H2,1H3. The third kappa shape index (κ3) is 3.14. The van der Waals surface area contributed by atoms with Gasteiger partial charge in [-0.15, -0.1) is 0 Å². The van der Waals surface area contributed by atoms with Crippen LogP contribution in [0.4, 0.5) is 8.78 Å². The van der Waals surface area contributed by atoms with Crippen LogP contribution in [-0.4, -0.2) is 6.54 Å². The van der Waals surface area contributed by atoms with Crippen molar-refractivity contribution in [2.75, 3.05) is 6.54 Å². The lowest BCUT2D eigenvalue weighted by Crippen LogP contribution is -2.23. The number of rotatable bonds is 5. The van der Waals surface area contributed by atoms with E-state index < -0.39 is 11.6 Å². The van der Waals surface area contributed by atoms with Gasteiger partial charge in [-0.2, -0.15) is 0 Å². The average molecular weight is 286 g/mol. The minimum absolute atomic E-state index is 0.0470. The van der Waals surface area contributed by atoms with Crippen molar-refractivity contribution in [1.29, 1.82) is 0 Å². The van der Waals surface area contributed by atoms with E-state index in [1.165, 1.54) is 24.5 Å². The largest absolute Gasteiger partial charge is 0.453 e. The molecule has 5 heteroatoms.